The van der Waals surface area contributed by atoms with E-state index in [1.54, 1.807) is 21.8 Å². The van der Waals surface area contributed by atoms with Crippen LogP contribution in [0.3, 0.4) is 0 Å². The molecule has 0 N–H and O–H groups in total. The average Bonchev–Trinajstić information content (AvgIpc) is 2.98. The number of likely N-dealkylation sites (tertiary alicyclic amines) is 1. The summed E-state index contributed by atoms with van der Waals surface area (Å²) in [6.07, 6.45) is 2.65. The molecule has 1 aromatic carbocycles. The van der Waals surface area contributed by atoms with Crippen LogP contribution in [0.25, 0.3) is 10.9 Å². The first-order valence-corrected chi connectivity index (χ1v) is 8.63. The van der Waals surface area contributed by atoms with Gasteiger partial charge in [-0.1, -0.05) is 12.1 Å². The van der Waals surface area contributed by atoms with E-state index in [0.29, 0.717) is 31.4 Å². The van der Waals surface area contributed by atoms with E-state index in [1.165, 1.54) is 6.07 Å². The number of hydrogen-bond acceptors (Lipinski definition) is 4. The second-order valence-corrected chi connectivity index (χ2v) is 7.36. The molecule has 1 saturated heterocycles. The molecule has 1 fully saturated rings. The van der Waals surface area contributed by atoms with E-state index in [4.69, 9.17) is 4.74 Å². The number of amides is 1. The quantitative estimate of drug-likeness (QED) is 0.815. The van der Waals surface area contributed by atoms with Crippen LogP contribution in [-0.4, -0.2) is 46.1 Å². The van der Waals surface area contributed by atoms with Gasteiger partial charge in [0.15, 0.2) is 5.75 Å². The van der Waals surface area contributed by atoms with Crippen molar-refractivity contribution in [2.75, 3.05) is 13.1 Å². The molecule has 0 radical (unpaired) electrons. The maximum atomic E-state index is 12.7. The Morgan fingerprint density at radius 3 is 2.58 bits per heavy atom. The second-order valence-electron chi connectivity index (χ2n) is 7.36. The van der Waals surface area contributed by atoms with Gasteiger partial charge >= 0.3 is 12.7 Å². The number of para-hydroxylation sites is 1. The van der Waals surface area contributed by atoms with Crippen molar-refractivity contribution in [3.63, 3.8) is 0 Å². The number of benzene rings is 1. The summed E-state index contributed by atoms with van der Waals surface area (Å²) in [5.74, 6) is 0.115. The third kappa shape index (κ3) is 4.05. The summed E-state index contributed by atoms with van der Waals surface area (Å²) in [6.45, 7) is 3.66. The molecule has 0 aliphatic carbocycles. The van der Waals surface area contributed by atoms with Crippen molar-refractivity contribution >= 4 is 17.0 Å². The molecule has 3 rings (SSSR count). The number of aromatic nitrogens is 2. The lowest BCUT2D eigenvalue weighted by Gasteiger charge is -2.33. The van der Waals surface area contributed by atoms with Crippen molar-refractivity contribution in [3.8, 4) is 5.75 Å². The minimum absolute atomic E-state index is 0.00797. The van der Waals surface area contributed by atoms with Gasteiger partial charge in [-0.15, -0.1) is 0 Å². The zero-order chi connectivity index (χ0) is 18.9. The fourth-order valence-corrected chi connectivity index (χ4v) is 3.16. The summed E-state index contributed by atoms with van der Waals surface area (Å²) >= 11 is 0. The van der Waals surface area contributed by atoms with Crippen molar-refractivity contribution in [1.29, 1.82) is 0 Å². The van der Waals surface area contributed by atoms with Gasteiger partial charge in [-0.05, 0) is 39.7 Å². The number of nitrogens with zero attached hydrogens (tertiary/aromatic N) is 3. The first-order chi connectivity index (χ1) is 12.2. The first-order valence-electron chi connectivity index (χ1n) is 8.63. The van der Waals surface area contributed by atoms with E-state index in [0.717, 1.165) is 5.39 Å². The first kappa shape index (κ1) is 18.4. The number of alkyl halides is 2. The highest BCUT2D eigenvalue weighted by atomic mass is 19.3. The number of carbonyl (C=O) groups excluding carboxylic acids is 1. The Labute approximate surface area is 150 Å². The van der Waals surface area contributed by atoms with Gasteiger partial charge in [-0.25, -0.2) is 4.79 Å². The molecule has 0 saturated carbocycles. The monoisotopic (exact) mass is 367 g/mol. The lowest BCUT2D eigenvalue weighted by atomic mass is 10.1. The predicted octanol–water partition coefficient (Wildman–Crippen LogP) is 4.21. The van der Waals surface area contributed by atoms with Gasteiger partial charge in [0.2, 0.25) is 0 Å². The third-order valence-electron chi connectivity index (χ3n) is 4.26. The molecular formula is C18H23F2N3O3. The minimum Gasteiger partial charge on any atom is -0.444 e. The van der Waals surface area contributed by atoms with E-state index in [1.807, 2.05) is 26.8 Å². The standard InChI is InChI=1S/C18H23F2N3O3/c1-18(2,3)26-17(24)22-9-7-13(8-10-22)23-15-12(11-21-23)5-4-6-14(15)25-16(19)20/h4-6,11,13,16H,7-10H2,1-3H3. The summed E-state index contributed by atoms with van der Waals surface area (Å²) in [6, 6.07) is 5.00. The van der Waals surface area contributed by atoms with Gasteiger partial charge in [-0.3, -0.25) is 4.68 Å². The molecule has 1 aliphatic heterocycles. The van der Waals surface area contributed by atoms with E-state index >= 15 is 0 Å². The number of halogens is 2. The molecule has 1 aliphatic rings. The van der Waals surface area contributed by atoms with E-state index in [-0.39, 0.29) is 17.9 Å². The zero-order valence-electron chi connectivity index (χ0n) is 15.1. The number of ether oxygens (including phenoxy) is 2. The molecule has 0 unspecified atom stereocenters. The predicted molar refractivity (Wildman–Crippen MR) is 92.4 cm³/mol. The largest absolute Gasteiger partial charge is 0.444 e. The number of piperidine rings is 1. The van der Waals surface area contributed by atoms with Crippen molar-refractivity contribution in [2.45, 2.75) is 51.9 Å². The summed E-state index contributed by atoms with van der Waals surface area (Å²) in [5, 5.41) is 5.12. The molecule has 142 valence electrons. The molecule has 2 heterocycles. The average molecular weight is 367 g/mol. The Hall–Kier alpha value is -2.38. The van der Waals surface area contributed by atoms with Gasteiger partial charge in [0.25, 0.3) is 0 Å². The van der Waals surface area contributed by atoms with Gasteiger partial charge in [0.1, 0.15) is 11.1 Å². The lowest BCUT2D eigenvalue weighted by Crippen LogP contribution is -2.42. The van der Waals surface area contributed by atoms with Crippen molar-refractivity contribution in [1.82, 2.24) is 14.7 Å². The number of hydrogen-bond donors (Lipinski definition) is 0. The topological polar surface area (TPSA) is 56.6 Å². The Bertz CT molecular complexity index is 778. The molecule has 1 aromatic heterocycles. The number of carbonyl (C=O) groups is 1. The molecule has 0 spiro atoms. The molecule has 2 aromatic rings. The molecule has 0 atom stereocenters. The highest BCUT2D eigenvalue weighted by Gasteiger charge is 2.29. The van der Waals surface area contributed by atoms with Gasteiger partial charge in [0, 0.05) is 18.5 Å². The minimum atomic E-state index is -2.89. The van der Waals surface area contributed by atoms with Crippen LogP contribution in [0, 0.1) is 0 Å². The van der Waals surface area contributed by atoms with E-state index in [2.05, 4.69) is 9.84 Å². The molecule has 0 bridgehead atoms. The Morgan fingerprint density at radius 1 is 1.27 bits per heavy atom. The molecule has 1 amide bonds. The van der Waals surface area contributed by atoms with Crippen LogP contribution in [0.1, 0.15) is 39.7 Å². The van der Waals surface area contributed by atoms with E-state index < -0.39 is 12.2 Å². The summed E-state index contributed by atoms with van der Waals surface area (Å²) < 4.78 is 37.2. The molecular weight excluding hydrogens is 344 g/mol. The van der Waals surface area contributed by atoms with Gasteiger partial charge < -0.3 is 14.4 Å². The Kier molecular flexibility index (Phi) is 5.02. The third-order valence-corrected chi connectivity index (χ3v) is 4.26. The maximum absolute atomic E-state index is 12.7. The van der Waals surface area contributed by atoms with Crippen LogP contribution < -0.4 is 4.74 Å². The lowest BCUT2D eigenvalue weighted by molar-refractivity contribution is -0.0491. The maximum Gasteiger partial charge on any atom is 0.410 e. The summed E-state index contributed by atoms with van der Waals surface area (Å²) in [4.78, 5) is 13.8. The fourth-order valence-electron chi connectivity index (χ4n) is 3.16. The van der Waals surface area contributed by atoms with Crippen LogP contribution in [-0.2, 0) is 4.74 Å². The van der Waals surface area contributed by atoms with Crippen LogP contribution in [0.15, 0.2) is 24.4 Å². The normalized spacial score (nSPS) is 16.3. The van der Waals surface area contributed by atoms with Crippen molar-refractivity contribution in [2.24, 2.45) is 0 Å². The van der Waals surface area contributed by atoms with Gasteiger partial charge in [-0.2, -0.15) is 13.9 Å². The van der Waals surface area contributed by atoms with Crippen LogP contribution in [0.2, 0.25) is 0 Å². The smallest absolute Gasteiger partial charge is 0.410 e. The molecule has 26 heavy (non-hydrogen) atoms. The highest BCUT2D eigenvalue weighted by molar-refractivity contribution is 5.84. The molecule has 8 heteroatoms. The number of fused-ring (bicyclic) bond motifs is 1. The summed E-state index contributed by atoms with van der Waals surface area (Å²) in [5.41, 5.74) is 0.0247. The van der Waals surface area contributed by atoms with Crippen LogP contribution in [0.4, 0.5) is 13.6 Å². The van der Waals surface area contributed by atoms with Crippen molar-refractivity contribution in [3.05, 3.63) is 24.4 Å². The van der Waals surface area contributed by atoms with E-state index in [9.17, 15) is 13.6 Å². The fraction of sp³-hybridized carbons (Fsp3) is 0.556. The second kappa shape index (κ2) is 7.09. The molecule has 6 nitrogen and oxygen atoms in total. The highest BCUT2D eigenvalue weighted by Crippen LogP contribution is 2.32. The SMILES string of the molecule is CC(C)(C)OC(=O)N1CCC(n2ncc3cccc(OC(F)F)c32)CC1. The summed E-state index contributed by atoms with van der Waals surface area (Å²) in [7, 11) is 0. The Balaban J connectivity index is 1.75. The number of rotatable bonds is 3. The van der Waals surface area contributed by atoms with Crippen LogP contribution >= 0.6 is 0 Å². The van der Waals surface area contributed by atoms with Crippen molar-refractivity contribution < 1.29 is 23.0 Å². The zero-order valence-corrected chi connectivity index (χ0v) is 15.1. The van der Waals surface area contributed by atoms with Crippen LogP contribution in [0.5, 0.6) is 5.75 Å². The Morgan fingerprint density at radius 2 is 1.96 bits per heavy atom. The van der Waals surface area contributed by atoms with Gasteiger partial charge in [0.05, 0.1) is 12.2 Å².